The van der Waals surface area contributed by atoms with Crippen LogP contribution in [0.5, 0.6) is 0 Å². The van der Waals surface area contributed by atoms with Gasteiger partial charge in [0.15, 0.2) is 0 Å². The van der Waals surface area contributed by atoms with Gasteiger partial charge in [0, 0.05) is 11.8 Å². The second-order valence-electron chi connectivity index (χ2n) is 11.7. The van der Waals surface area contributed by atoms with E-state index in [0.29, 0.717) is 0 Å². The molecule has 0 saturated carbocycles. The Hall–Kier alpha value is -5.64. The molecule has 47 heavy (non-hydrogen) atoms. The lowest BCUT2D eigenvalue weighted by atomic mass is 9.98. The molecular weight excluding hydrogens is 600 g/mol. The van der Waals surface area contributed by atoms with Crippen LogP contribution in [-0.4, -0.2) is 59.6 Å². The lowest BCUT2D eigenvalue weighted by Crippen LogP contribution is -2.43. The fraction of sp³-hybridized carbons (Fsp3) is 0.243. The van der Waals surface area contributed by atoms with Crippen molar-refractivity contribution in [2.24, 2.45) is 0 Å². The van der Waals surface area contributed by atoms with Crippen LogP contribution in [0.15, 0.2) is 97.1 Å². The van der Waals surface area contributed by atoms with Gasteiger partial charge in [0.1, 0.15) is 25.3 Å². The SMILES string of the molecule is O=C(NC(CCCC(NC(=O)OCC1c2ccccc2-c2ccccc21)C(=O)O)C(=O)O)OCC1c2ccccc2-c2ccccc21. The molecular formula is C37H34N2O8. The summed E-state index contributed by atoms with van der Waals surface area (Å²) < 4.78 is 10.9. The molecule has 0 aliphatic heterocycles. The lowest BCUT2D eigenvalue weighted by molar-refractivity contribution is -0.139. The molecule has 0 spiro atoms. The average molecular weight is 635 g/mol. The van der Waals surface area contributed by atoms with Crippen LogP contribution in [0.1, 0.15) is 53.4 Å². The summed E-state index contributed by atoms with van der Waals surface area (Å²) >= 11 is 0. The van der Waals surface area contributed by atoms with Gasteiger partial charge >= 0.3 is 24.1 Å². The molecule has 0 fully saturated rings. The summed E-state index contributed by atoms with van der Waals surface area (Å²) in [6.45, 7) is 0.0503. The Morgan fingerprint density at radius 1 is 0.532 bits per heavy atom. The number of ether oxygens (including phenoxy) is 2. The van der Waals surface area contributed by atoms with E-state index >= 15 is 0 Å². The molecule has 0 saturated heterocycles. The first-order valence-corrected chi connectivity index (χ1v) is 15.5. The summed E-state index contributed by atoms with van der Waals surface area (Å²) in [6, 6.07) is 28.9. The highest BCUT2D eigenvalue weighted by atomic mass is 16.6. The van der Waals surface area contributed by atoms with Gasteiger partial charge in [0.2, 0.25) is 0 Å². The first-order valence-electron chi connectivity index (χ1n) is 15.5. The highest BCUT2D eigenvalue weighted by Gasteiger charge is 2.31. The Morgan fingerprint density at radius 2 is 0.830 bits per heavy atom. The number of nitrogens with one attached hydrogen (secondary N) is 2. The first-order chi connectivity index (χ1) is 22.8. The number of alkyl carbamates (subject to hydrolysis) is 2. The van der Waals surface area contributed by atoms with E-state index in [1.54, 1.807) is 0 Å². The molecule has 4 aromatic carbocycles. The lowest BCUT2D eigenvalue weighted by Gasteiger charge is -2.19. The molecule has 2 aliphatic rings. The molecule has 6 rings (SSSR count). The number of hydrogen-bond donors (Lipinski definition) is 4. The van der Waals surface area contributed by atoms with Gasteiger partial charge < -0.3 is 30.3 Å². The van der Waals surface area contributed by atoms with E-state index in [0.717, 1.165) is 44.5 Å². The highest BCUT2D eigenvalue weighted by molar-refractivity contribution is 5.82. The van der Waals surface area contributed by atoms with E-state index in [1.165, 1.54) is 0 Å². The largest absolute Gasteiger partial charge is 0.480 e. The first kappa shape index (κ1) is 31.3. The van der Waals surface area contributed by atoms with E-state index in [9.17, 15) is 29.4 Å². The summed E-state index contributed by atoms with van der Waals surface area (Å²) in [7, 11) is 0. The van der Waals surface area contributed by atoms with Crippen molar-refractivity contribution in [1.82, 2.24) is 10.6 Å². The number of rotatable bonds is 12. The number of carboxylic acid groups (broad SMARTS) is 2. The second kappa shape index (κ2) is 13.8. The molecule has 240 valence electrons. The van der Waals surface area contributed by atoms with Crippen LogP contribution in [0.4, 0.5) is 9.59 Å². The predicted molar refractivity (Wildman–Crippen MR) is 173 cm³/mol. The quantitative estimate of drug-likeness (QED) is 0.145. The Morgan fingerprint density at radius 3 is 1.13 bits per heavy atom. The molecule has 2 atom stereocenters. The summed E-state index contributed by atoms with van der Waals surface area (Å²) in [6.07, 6.45) is -1.83. The van der Waals surface area contributed by atoms with Gasteiger partial charge in [-0.15, -0.1) is 0 Å². The number of carbonyl (C=O) groups is 4. The highest BCUT2D eigenvalue weighted by Crippen LogP contribution is 2.45. The molecule has 2 aliphatic carbocycles. The molecule has 0 bridgehead atoms. The third-order valence-corrected chi connectivity index (χ3v) is 8.85. The van der Waals surface area contributed by atoms with Gasteiger partial charge in [-0.1, -0.05) is 97.1 Å². The number of hydrogen-bond acceptors (Lipinski definition) is 6. The van der Waals surface area contributed by atoms with Crippen LogP contribution in [0.3, 0.4) is 0 Å². The molecule has 4 N–H and O–H groups in total. The third-order valence-electron chi connectivity index (χ3n) is 8.85. The normalized spacial score (nSPS) is 14.1. The minimum Gasteiger partial charge on any atom is -0.480 e. The smallest absolute Gasteiger partial charge is 0.407 e. The van der Waals surface area contributed by atoms with Crippen molar-refractivity contribution in [1.29, 1.82) is 0 Å². The van der Waals surface area contributed by atoms with Crippen LogP contribution in [0.2, 0.25) is 0 Å². The van der Waals surface area contributed by atoms with Gasteiger partial charge in [-0.3, -0.25) is 0 Å². The van der Waals surface area contributed by atoms with Gasteiger partial charge in [-0.05, 0) is 63.8 Å². The van der Waals surface area contributed by atoms with E-state index < -0.39 is 36.2 Å². The van der Waals surface area contributed by atoms with Crippen molar-refractivity contribution in [3.63, 3.8) is 0 Å². The number of carbonyl (C=O) groups excluding carboxylic acids is 2. The van der Waals surface area contributed by atoms with Crippen molar-refractivity contribution in [2.75, 3.05) is 13.2 Å². The molecule has 0 heterocycles. The number of amides is 2. The molecule has 4 aromatic rings. The Balaban J connectivity index is 0.987. The van der Waals surface area contributed by atoms with Crippen molar-refractivity contribution in [2.45, 2.75) is 43.2 Å². The molecule has 0 radical (unpaired) electrons. The zero-order valence-electron chi connectivity index (χ0n) is 25.4. The number of aliphatic carboxylic acids is 2. The van der Waals surface area contributed by atoms with Crippen LogP contribution in [0.25, 0.3) is 22.3 Å². The second-order valence-corrected chi connectivity index (χ2v) is 11.7. The fourth-order valence-corrected chi connectivity index (χ4v) is 6.61. The zero-order chi connectivity index (χ0) is 32.9. The third kappa shape index (κ3) is 6.67. The molecule has 2 unspecified atom stereocenters. The Kier molecular flexibility index (Phi) is 9.19. The fourth-order valence-electron chi connectivity index (χ4n) is 6.61. The standard InChI is InChI=1S/C37H34N2O8/c40-34(41)32(38-36(44)46-20-30-26-14-5-1-10-22(26)23-11-2-6-15-27(23)30)18-9-19-33(35(42)43)39-37(45)47-21-31-28-16-7-3-12-24(28)25-13-4-8-17-29(25)31/h1-8,10-17,30-33H,9,18-21H2,(H,38,44)(H,39,45)(H,40,41)(H,42,43). The maximum Gasteiger partial charge on any atom is 0.407 e. The van der Waals surface area contributed by atoms with E-state index in [4.69, 9.17) is 9.47 Å². The summed E-state index contributed by atoms with van der Waals surface area (Å²) in [5.41, 5.74) is 8.39. The van der Waals surface area contributed by atoms with Crippen LogP contribution in [0, 0.1) is 0 Å². The van der Waals surface area contributed by atoms with E-state index in [2.05, 4.69) is 10.6 Å². The maximum atomic E-state index is 12.7. The van der Waals surface area contributed by atoms with Crippen molar-refractivity contribution < 1.29 is 38.9 Å². The topological polar surface area (TPSA) is 151 Å². The minimum atomic E-state index is -1.31. The van der Waals surface area contributed by atoms with Gasteiger partial charge in [0.05, 0.1) is 0 Å². The molecule has 2 amide bonds. The predicted octanol–water partition coefficient (Wildman–Crippen LogP) is 6.14. The van der Waals surface area contributed by atoms with Gasteiger partial charge in [-0.25, -0.2) is 19.2 Å². The Labute approximate surface area is 271 Å². The summed E-state index contributed by atoms with van der Waals surface area (Å²) in [5.74, 6) is -2.93. The summed E-state index contributed by atoms with van der Waals surface area (Å²) in [4.78, 5) is 49.2. The Bertz CT molecular complexity index is 1600. The number of carboxylic acids is 2. The number of fused-ring (bicyclic) bond motifs is 6. The molecule has 0 aromatic heterocycles. The van der Waals surface area contributed by atoms with Crippen LogP contribution in [-0.2, 0) is 19.1 Å². The van der Waals surface area contributed by atoms with E-state index in [1.807, 2.05) is 97.1 Å². The summed E-state index contributed by atoms with van der Waals surface area (Å²) in [5, 5.41) is 24.2. The van der Waals surface area contributed by atoms with Crippen molar-refractivity contribution in [3.8, 4) is 22.3 Å². The van der Waals surface area contributed by atoms with Gasteiger partial charge in [0.25, 0.3) is 0 Å². The van der Waals surface area contributed by atoms with Crippen LogP contribution >= 0.6 is 0 Å². The minimum absolute atomic E-state index is 0.0251. The van der Waals surface area contributed by atoms with Gasteiger partial charge in [-0.2, -0.15) is 0 Å². The van der Waals surface area contributed by atoms with Crippen molar-refractivity contribution >= 4 is 24.1 Å². The average Bonchev–Trinajstić information content (AvgIpc) is 3.57. The van der Waals surface area contributed by atoms with E-state index in [-0.39, 0.29) is 44.3 Å². The monoisotopic (exact) mass is 634 g/mol. The number of benzene rings is 4. The van der Waals surface area contributed by atoms with Crippen LogP contribution < -0.4 is 10.6 Å². The molecule has 10 nitrogen and oxygen atoms in total. The van der Waals surface area contributed by atoms with Crippen molar-refractivity contribution in [3.05, 3.63) is 119 Å². The zero-order valence-corrected chi connectivity index (χ0v) is 25.4. The molecule has 10 heteroatoms. The maximum absolute atomic E-state index is 12.7.